The first-order valence-corrected chi connectivity index (χ1v) is 10.4. The molecule has 0 radical (unpaired) electrons. The van der Waals surface area contributed by atoms with Gasteiger partial charge in [0.1, 0.15) is 5.82 Å². The number of hydrogen-bond donors (Lipinski definition) is 2. The molecule has 1 aromatic heterocycles. The largest absolute Gasteiger partial charge is 0.490 e. The smallest absolute Gasteiger partial charge is 0.257 e. The molecular weight excluding hydrogens is 458 g/mol. The summed E-state index contributed by atoms with van der Waals surface area (Å²) < 4.78 is 17.8. The van der Waals surface area contributed by atoms with E-state index in [1.807, 2.05) is 33.8 Å². The number of carbonyl (C=O) groups excluding carboxylic acids is 1. The fourth-order valence-electron chi connectivity index (χ4n) is 2.46. The number of rotatable bonds is 8. The highest BCUT2D eigenvalue weighted by atomic mass is 79.9. The first-order valence-electron chi connectivity index (χ1n) is 9.21. The van der Waals surface area contributed by atoms with Gasteiger partial charge in [-0.25, -0.2) is 4.98 Å². The van der Waals surface area contributed by atoms with Gasteiger partial charge in [0.05, 0.1) is 25.5 Å². The predicted molar refractivity (Wildman–Crippen MR) is 120 cm³/mol. The number of ether oxygens (including phenoxy) is 3. The molecule has 0 saturated carbocycles. The molecule has 0 aliphatic rings. The molecule has 0 fully saturated rings. The lowest BCUT2D eigenvalue weighted by Gasteiger charge is -2.17. The normalized spacial score (nSPS) is 10.2. The van der Waals surface area contributed by atoms with Gasteiger partial charge in [-0.1, -0.05) is 0 Å². The first kappa shape index (κ1) is 22.9. The Morgan fingerprint density at radius 2 is 1.66 bits per heavy atom. The highest BCUT2D eigenvalue weighted by molar-refractivity contribution is 9.10. The van der Waals surface area contributed by atoms with E-state index >= 15 is 0 Å². The molecule has 0 saturated heterocycles. The third-order valence-corrected chi connectivity index (χ3v) is 4.70. The molecule has 0 aliphatic carbocycles. The van der Waals surface area contributed by atoms with Crippen LogP contribution in [-0.4, -0.2) is 35.8 Å². The second-order valence-electron chi connectivity index (χ2n) is 5.77. The number of thiocarbonyl (C=S) groups is 1. The second-order valence-corrected chi connectivity index (χ2v) is 7.04. The van der Waals surface area contributed by atoms with Gasteiger partial charge in [-0.05, 0) is 80.1 Å². The Labute approximate surface area is 184 Å². The summed E-state index contributed by atoms with van der Waals surface area (Å²) in [7, 11) is 0. The molecular formula is C20H24BrN3O4S. The number of carbonyl (C=O) groups is 1. The topological polar surface area (TPSA) is 81.7 Å². The van der Waals surface area contributed by atoms with E-state index < -0.39 is 5.91 Å². The van der Waals surface area contributed by atoms with E-state index in [9.17, 15) is 4.79 Å². The van der Waals surface area contributed by atoms with Gasteiger partial charge in [0.2, 0.25) is 5.75 Å². The number of aromatic nitrogens is 1. The maximum atomic E-state index is 12.7. The lowest BCUT2D eigenvalue weighted by Crippen LogP contribution is -2.34. The number of amides is 1. The molecule has 1 heterocycles. The zero-order valence-electron chi connectivity index (χ0n) is 16.8. The molecule has 7 nitrogen and oxygen atoms in total. The van der Waals surface area contributed by atoms with Gasteiger partial charge in [-0.3, -0.25) is 10.1 Å². The zero-order valence-corrected chi connectivity index (χ0v) is 19.2. The minimum absolute atomic E-state index is 0.133. The summed E-state index contributed by atoms with van der Waals surface area (Å²) >= 11 is 8.64. The van der Waals surface area contributed by atoms with E-state index in [2.05, 4.69) is 31.5 Å². The Kier molecular flexibility index (Phi) is 8.66. The lowest BCUT2D eigenvalue weighted by atomic mass is 10.1. The fourth-order valence-corrected chi connectivity index (χ4v) is 2.87. The van der Waals surface area contributed by atoms with Crippen LogP contribution in [0.2, 0.25) is 0 Å². The van der Waals surface area contributed by atoms with Crippen LogP contribution in [0, 0.1) is 6.92 Å². The molecule has 0 aliphatic heterocycles. The van der Waals surface area contributed by atoms with Crippen molar-refractivity contribution in [2.45, 2.75) is 27.7 Å². The van der Waals surface area contributed by atoms with Crippen molar-refractivity contribution in [2.24, 2.45) is 0 Å². The van der Waals surface area contributed by atoms with Gasteiger partial charge in [0, 0.05) is 10.0 Å². The molecule has 0 bridgehead atoms. The molecule has 2 N–H and O–H groups in total. The maximum absolute atomic E-state index is 12.7. The van der Waals surface area contributed by atoms with Gasteiger partial charge in [-0.15, -0.1) is 0 Å². The van der Waals surface area contributed by atoms with E-state index in [-0.39, 0.29) is 5.11 Å². The number of benzene rings is 1. The van der Waals surface area contributed by atoms with Crippen molar-refractivity contribution in [3.63, 3.8) is 0 Å². The lowest BCUT2D eigenvalue weighted by molar-refractivity contribution is 0.0976. The molecule has 0 unspecified atom stereocenters. The monoisotopic (exact) mass is 481 g/mol. The van der Waals surface area contributed by atoms with Crippen LogP contribution in [0.25, 0.3) is 0 Å². The van der Waals surface area contributed by atoms with Gasteiger partial charge < -0.3 is 19.5 Å². The van der Waals surface area contributed by atoms with Crippen LogP contribution in [0.15, 0.2) is 28.7 Å². The van der Waals surface area contributed by atoms with Crippen molar-refractivity contribution < 1.29 is 19.0 Å². The Balaban J connectivity index is 2.21. The zero-order chi connectivity index (χ0) is 21.4. The number of halogens is 1. The maximum Gasteiger partial charge on any atom is 0.257 e. The Morgan fingerprint density at radius 3 is 2.17 bits per heavy atom. The summed E-state index contributed by atoms with van der Waals surface area (Å²) in [4.78, 5) is 17.1. The number of hydrogen-bond acceptors (Lipinski definition) is 6. The second kappa shape index (κ2) is 11.0. The number of nitrogens with zero attached hydrogens (tertiary/aromatic N) is 1. The quantitative estimate of drug-likeness (QED) is 0.537. The van der Waals surface area contributed by atoms with Crippen LogP contribution >= 0.6 is 28.1 Å². The standard InChI is InChI=1S/C20H24BrN3O4S/c1-5-26-15-10-13(11-16(27-6-2)18(15)28-7-3)19(25)24-20(29)23-17-9-8-14(21)12(4)22-17/h8-11H,5-7H2,1-4H3,(H2,22,23,24,25,29). The summed E-state index contributed by atoms with van der Waals surface area (Å²) in [5, 5.41) is 5.68. The summed E-state index contributed by atoms with van der Waals surface area (Å²) in [6, 6.07) is 6.82. The van der Waals surface area contributed by atoms with Crippen LogP contribution in [-0.2, 0) is 0 Å². The molecule has 29 heavy (non-hydrogen) atoms. The minimum atomic E-state index is -0.402. The number of aryl methyl sites for hydroxylation is 1. The van der Waals surface area contributed by atoms with Crippen molar-refractivity contribution >= 4 is 45.0 Å². The van der Waals surface area contributed by atoms with Crippen molar-refractivity contribution in [3.8, 4) is 17.2 Å². The number of pyridine rings is 1. The minimum Gasteiger partial charge on any atom is -0.490 e. The molecule has 0 spiro atoms. The highest BCUT2D eigenvalue weighted by Crippen LogP contribution is 2.39. The van der Waals surface area contributed by atoms with Crippen LogP contribution in [0.4, 0.5) is 5.82 Å². The summed E-state index contributed by atoms with van der Waals surface area (Å²) in [6.45, 7) is 8.73. The van der Waals surface area contributed by atoms with Crippen LogP contribution in [0.5, 0.6) is 17.2 Å². The van der Waals surface area contributed by atoms with E-state index in [4.69, 9.17) is 26.4 Å². The molecule has 2 rings (SSSR count). The molecule has 156 valence electrons. The van der Waals surface area contributed by atoms with E-state index in [0.29, 0.717) is 48.5 Å². The van der Waals surface area contributed by atoms with Crippen molar-refractivity contribution in [1.29, 1.82) is 0 Å². The number of anilines is 1. The molecule has 2 aromatic rings. The first-order chi connectivity index (χ1) is 13.9. The van der Waals surface area contributed by atoms with Crippen molar-refractivity contribution in [2.75, 3.05) is 25.1 Å². The van der Waals surface area contributed by atoms with E-state index in [1.54, 1.807) is 18.2 Å². The third kappa shape index (κ3) is 6.30. The molecule has 1 aromatic carbocycles. The summed E-state index contributed by atoms with van der Waals surface area (Å²) in [6.07, 6.45) is 0. The van der Waals surface area contributed by atoms with E-state index in [0.717, 1.165) is 10.2 Å². The molecule has 1 amide bonds. The fraction of sp³-hybridized carbons (Fsp3) is 0.350. The predicted octanol–water partition coefficient (Wildman–Crippen LogP) is 4.48. The van der Waals surface area contributed by atoms with E-state index in [1.165, 1.54) is 0 Å². The molecule has 0 atom stereocenters. The van der Waals surface area contributed by atoms with Gasteiger partial charge in [0.15, 0.2) is 16.6 Å². The average molecular weight is 482 g/mol. The molecule has 9 heteroatoms. The van der Waals surface area contributed by atoms with Crippen LogP contribution in [0.1, 0.15) is 36.8 Å². The van der Waals surface area contributed by atoms with Crippen molar-refractivity contribution in [3.05, 3.63) is 40.0 Å². The average Bonchev–Trinajstić information content (AvgIpc) is 2.67. The Bertz CT molecular complexity index is 865. The Morgan fingerprint density at radius 1 is 1.07 bits per heavy atom. The summed E-state index contributed by atoms with van der Waals surface area (Å²) in [5.41, 5.74) is 1.14. The third-order valence-electron chi connectivity index (χ3n) is 3.66. The Hall–Kier alpha value is -2.39. The van der Waals surface area contributed by atoms with Crippen LogP contribution in [0.3, 0.4) is 0 Å². The van der Waals surface area contributed by atoms with Crippen molar-refractivity contribution in [1.82, 2.24) is 10.3 Å². The van der Waals surface area contributed by atoms with Gasteiger partial charge in [0.25, 0.3) is 5.91 Å². The SMILES string of the molecule is CCOc1cc(C(=O)NC(=S)Nc2ccc(Br)c(C)n2)cc(OCC)c1OCC. The van der Waals surface area contributed by atoms with Gasteiger partial charge >= 0.3 is 0 Å². The van der Waals surface area contributed by atoms with Crippen LogP contribution < -0.4 is 24.8 Å². The number of nitrogens with one attached hydrogen (secondary N) is 2. The summed E-state index contributed by atoms with van der Waals surface area (Å²) in [5.74, 6) is 1.49. The highest BCUT2D eigenvalue weighted by Gasteiger charge is 2.19. The van der Waals surface area contributed by atoms with Gasteiger partial charge in [-0.2, -0.15) is 0 Å².